The fraction of sp³-hybridized carbons (Fsp3) is 0.412. The predicted molar refractivity (Wildman–Crippen MR) is 94.5 cm³/mol. The van der Waals surface area contributed by atoms with E-state index in [9.17, 15) is 0 Å². The molecular formula is C17H22BrNOS. The van der Waals surface area contributed by atoms with Crippen LogP contribution in [0.4, 0.5) is 0 Å². The molecule has 1 aromatic carbocycles. The van der Waals surface area contributed by atoms with E-state index in [0.717, 1.165) is 29.6 Å². The van der Waals surface area contributed by atoms with E-state index in [2.05, 4.69) is 59.4 Å². The molecule has 0 aliphatic rings. The second-order valence-corrected chi connectivity index (χ2v) is 7.03. The Morgan fingerprint density at radius 3 is 2.57 bits per heavy atom. The standard InChI is InChI=1S/C17H22BrNOS/c1-4-13-7-8-14(21-13)11-17(19-5-2)15-10-12(20-3)6-9-16(15)18/h6-10,17,19H,4-5,11H2,1-3H3. The van der Waals surface area contributed by atoms with Crippen molar-refractivity contribution in [3.8, 4) is 5.75 Å². The molecule has 2 aromatic rings. The molecule has 0 aliphatic heterocycles. The largest absolute Gasteiger partial charge is 0.497 e. The number of ether oxygens (including phenoxy) is 1. The molecule has 2 rings (SSSR count). The van der Waals surface area contributed by atoms with Crippen LogP contribution in [0.3, 0.4) is 0 Å². The molecule has 1 unspecified atom stereocenters. The molecule has 1 N–H and O–H groups in total. The van der Waals surface area contributed by atoms with Gasteiger partial charge in [0.1, 0.15) is 5.75 Å². The molecule has 0 saturated heterocycles. The number of halogens is 1. The molecule has 21 heavy (non-hydrogen) atoms. The summed E-state index contributed by atoms with van der Waals surface area (Å²) in [5.41, 5.74) is 1.25. The maximum atomic E-state index is 5.36. The van der Waals surface area contributed by atoms with Crippen LogP contribution in [0.15, 0.2) is 34.8 Å². The van der Waals surface area contributed by atoms with Gasteiger partial charge < -0.3 is 10.1 Å². The number of benzene rings is 1. The molecular weight excluding hydrogens is 346 g/mol. The van der Waals surface area contributed by atoms with Crippen LogP contribution in [-0.2, 0) is 12.8 Å². The lowest BCUT2D eigenvalue weighted by molar-refractivity contribution is 0.412. The van der Waals surface area contributed by atoms with Crippen molar-refractivity contribution in [3.63, 3.8) is 0 Å². The van der Waals surface area contributed by atoms with Gasteiger partial charge in [-0.1, -0.05) is 29.8 Å². The van der Waals surface area contributed by atoms with Gasteiger partial charge in [0, 0.05) is 26.7 Å². The minimum atomic E-state index is 0.294. The van der Waals surface area contributed by atoms with E-state index < -0.39 is 0 Å². The van der Waals surface area contributed by atoms with E-state index in [1.807, 2.05) is 17.4 Å². The Hall–Kier alpha value is -0.840. The second kappa shape index (κ2) is 7.97. The van der Waals surface area contributed by atoms with Crippen LogP contribution in [0.25, 0.3) is 0 Å². The van der Waals surface area contributed by atoms with Gasteiger partial charge in [0.05, 0.1) is 7.11 Å². The summed E-state index contributed by atoms with van der Waals surface area (Å²) >= 11 is 5.58. The Bertz CT molecular complexity index is 582. The molecule has 0 amide bonds. The van der Waals surface area contributed by atoms with Crippen LogP contribution in [0, 0.1) is 0 Å². The van der Waals surface area contributed by atoms with Crippen LogP contribution in [0.2, 0.25) is 0 Å². The Balaban J connectivity index is 2.25. The highest BCUT2D eigenvalue weighted by Gasteiger charge is 2.16. The zero-order valence-electron chi connectivity index (χ0n) is 12.8. The number of hydrogen-bond donors (Lipinski definition) is 1. The molecule has 0 fully saturated rings. The smallest absolute Gasteiger partial charge is 0.119 e. The summed E-state index contributed by atoms with van der Waals surface area (Å²) in [4.78, 5) is 2.87. The lowest BCUT2D eigenvalue weighted by atomic mass is 10.0. The summed E-state index contributed by atoms with van der Waals surface area (Å²) < 4.78 is 6.49. The fourth-order valence-electron chi connectivity index (χ4n) is 2.38. The van der Waals surface area contributed by atoms with Gasteiger partial charge in [0.2, 0.25) is 0 Å². The number of nitrogens with one attached hydrogen (secondary N) is 1. The number of rotatable bonds is 7. The first kappa shape index (κ1) is 16.5. The molecule has 0 radical (unpaired) electrons. The number of likely N-dealkylation sites (N-methyl/N-ethyl adjacent to an activating group) is 1. The zero-order chi connectivity index (χ0) is 15.2. The Morgan fingerprint density at radius 2 is 1.95 bits per heavy atom. The molecule has 1 aromatic heterocycles. The van der Waals surface area contributed by atoms with Crippen LogP contribution in [-0.4, -0.2) is 13.7 Å². The van der Waals surface area contributed by atoms with Crippen molar-refractivity contribution in [3.05, 3.63) is 50.1 Å². The highest BCUT2D eigenvalue weighted by atomic mass is 79.9. The van der Waals surface area contributed by atoms with Crippen molar-refractivity contribution < 1.29 is 4.74 Å². The maximum Gasteiger partial charge on any atom is 0.119 e. The van der Waals surface area contributed by atoms with Gasteiger partial charge >= 0.3 is 0 Å². The average Bonchev–Trinajstić information content (AvgIpc) is 2.95. The topological polar surface area (TPSA) is 21.3 Å². The molecule has 0 bridgehead atoms. The first-order valence-electron chi connectivity index (χ1n) is 7.32. The van der Waals surface area contributed by atoms with Gasteiger partial charge in [-0.05, 0) is 48.9 Å². The maximum absolute atomic E-state index is 5.36. The molecule has 2 nitrogen and oxygen atoms in total. The number of methoxy groups -OCH3 is 1. The normalized spacial score (nSPS) is 12.4. The number of aryl methyl sites for hydroxylation is 1. The van der Waals surface area contributed by atoms with Crippen molar-refractivity contribution in [1.29, 1.82) is 0 Å². The summed E-state index contributed by atoms with van der Waals surface area (Å²) in [6, 6.07) is 10.9. The molecule has 0 aliphatic carbocycles. The lowest BCUT2D eigenvalue weighted by Crippen LogP contribution is -2.23. The van der Waals surface area contributed by atoms with E-state index in [1.165, 1.54) is 15.3 Å². The monoisotopic (exact) mass is 367 g/mol. The van der Waals surface area contributed by atoms with Gasteiger partial charge in [-0.3, -0.25) is 0 Å². The summed E-state index contributed by atoms with van der Waals surface area (Å²) in [5, 5.41) is 3.59. The van der Waals surface area contributed by atoms with E-state index >= 15 is 0 Å². The molecule has 114 valence electrons. The van der Waals surface area contributed by atoms with Gasteiger partial charge in [0.15, 0.2) is 0 Å². The van der Waals surface area contributed by atoms with Gasteiger partial charge in [-0.15, -0.1) is 11.3 Å². The summed E-state index contributed by atoms with van der Waals surface area (Å²) in [7, 11) is 1.71. The second-order valence-electron chi connectivity index (χ2n) is 4.92. The van der Waals surface area contributed by atoms with Crippen LogP contribution < -0.4 is 10.1 Å². The van der Waals surface area contributed by atoms with E-state index in [0.29, 0.717) is 6.04 Å². The van der Waals surface area contributed by atoms with Crippen molar-refractivity contribution in [1.82, 2.24) is 5.32 Å². The third-order valence-corrected chi connectivity index (χ3v) is 5.47. The first-order valence-corrected chi connectivity index (χ1v) is 8.93. The Labute approximate surface area is 139 Å². The van der Waals surface area contributed by atoms with Gasteiger partial charge in [-0.2, -0.15) is 0 Å². The van der Waals surface area contributed by atoms with Crippen LogP contribution in [0.1, 0.15) is 35.2 Å². The predicted octanol–water partition coefficient (Wildman–Crippen LogP) is 4.97. The Kier molecular flexibility index (Phi) is 6.27. The Morgan fingerprint density at radius 1 is 1.19 bits per heavy atom. The molecule has 1 heterocycles. The van der Waals surface area contributed by atoms with E-state index in [4.69, 9.17) is 4.74 Å². The number of hydrogen-bond acceptors (Lipinski definition) is 3. The van der Waals surface area contributed by atoms with Crippen LogP contribution in [0.5, 0.6) is 5.75 Å². The summed E-state index contributed by atoms with van der Waals surface area (Å²) in [6.07, 6.45) is 2.11. The zero-order valence-corrected chi connectivity index (χ0v) is 15.2. The van der Waals surface area contributed by atoms with Crippen molar-refractivity contribution in [2.24, 2.45) is 0 Å². The van der Waals surface area contributed by atoms with Crippen LogP contribution >= 0.6 is 27.3 Å². The third-order valence-electron chi connectivity index (χ3n) is 3.50. The minimum absolute atomic E-state index is 0.294. The number of thiophene rings is 1. The SMILES string of the molecule is CCNC(Cc1ccc(CC)s1)c1cc(OC)ccc1Br. The molecule has 1 atom stereocenters. The van der Waals surface area contributed by atoms with Gasteiger partial charge in [0.25, 0.3) is 0 Å². The lowest BCUT2D eigenvalue weighted by Gasteiger charge is -2.20. The van der Waals surface area contributed by atoms with E-state index in [-0.39, 0.29) is 0 Å². The third kappa shape index (κ3) is 4.31. The quantitative estimate of drug-likeness (QED) is 0.745. The molecule has 0 spiro atoms. The highest BCUT2D eigenvalue weighted by Crippen LogP contribution is 2.31. The minimum Gasteiger partial charge on any atom is -0.497 e. The highest BCUT2D eigenvalue weighted by molar-refractivity contribution is 9.10. The van der Waals surface area contributed by atoms with Gasteiger partial charge in [-0.25, -0.2) is 0 Å². The van der Waals surface area contributed by atoms with Crippen molar-refractivity contribution in [2.45, 2.75) is 32.7 Å². The summed E-state index contributed by atoms with van der Waals surface area (Å²) in [6.45, 7) is 5.29. The fourth-order valence-corrected chi connectivity index (χ4v) is 3.90. The molecule has 0 saturated carbocycles. The van der Waals surface area contributed by atoms with E-state index in [1.54, 1.807) is 7.11 Å². The first-order chi connectivity index (χ1) is 10.2. The summed E-state index contributed by atoms with van der Waals surface area (Å²) in [5.74, 6) is 0.900. The van der Waals surface area contributed by atoms with Crippen molar-refractivity contribution in [2.75, 3.05) is 13.7 Å². The average molecular weight is 368 g/mol. The van der Waals surface area contributed by atoms with Crippen molar-refractivity contribution >= 4 is 27.3 Å². The molecule has 4 heteroatoms.